The Hall–Kier alpha value is -0.610. The Kier molecular flexibility index (Phi) is 3.26. The molecule has 0 radical (unpaired) electrons. The molecule has 82 valence electrons. The summed E-state index contributed by atoms with van der Waals surface area (Å²) in [6, 6.07) is 3.70. The monoisotopic (exact) mass is 229 g/mol. The van der Waals surface area contributed by atoms with Gasteiger partial charge >= 0.3 is 0 Å². The largest absolute Gasteiger partial charge is 0.327 e. The van der Waals surface area contributed by atoms with E-state index in [0.717, 1.165) is 17.6 Å². The van der Waals surface area contributed by atoms with Crippen molar-refractivity contribution in [3.63, 3.8) is 0 Å². The topological polar surface area (TPSA) is 26.0 Å². The van der Waals surface area contributed by atoms with E-state index in [1.807, 2.05) is 0 Å². The molecule has 2 rings (SSSR count). The lowest BCUT2D eigenvalue weighted by Crippen LogP contribution is -2.29. The Labute approximate surface area is 92.0 Å². The van der Waals surface area contributed by atoms with Crippen molar-refractivity contribution in [1.82, 2.24) is 0 Å². The molecule has 15 heavy (non-hydrogen) atoms. The van der Waals surface area contributed by atoms with Crippen LogP contribution < -0.4 is 5.73 Å². The molecular weight excluding hydrogens is 216 g/mol. The molecule has 1 fully saturated rings. The highest BCUT2D eigenvalue weighted by Gasteiger charge is 2.25. The Morgan fingerprint density at radius 1 is 1.33 bits per heavy atom. The van der Waals surface area contributed by atoms with Crippen LogP contribution in [0, 0.1) is 17.6 Å². The number of rotatable bonds is 2. The van der Waals surface area contributed by atoms with Crippen molar-refractivity contribution in [2.24, 2.45) is 11.7 Å². The Bertz CT molecular complexity index is 356. The summed E-state index contributed by atoms with van der Waals surface area (Å²) in [6.07, 6.45) is 0.539. The minimum Gasteiger partial charge on any atom is -0.327 e. The van der Waals surface area contributed by atoms with Gasteiger partial charge in [-0.2, -0.15) is 11.8 Å². The fourth-order valence-electron chi connectivity index (χ4n) is 1.81. The lowest BCUT2D eigenvalue weighted by molar-refractivity contribution is 0.494. The Morgan fingerprint density at radius 3 is 2.80 bits per heavy atom. The predicted octanol–water partition coefficient (Wildman–Crippen LogP) is 2.20. The standard InChI is InChI=1S/C11H13F2NS/c12-9-1-2-10(13)7(4-9)3-8-5-15-6-11(8)14/h1-2,4,8,11H,3,5-6,14H2. The fraction of sp³-hybridized carbons (Fsp3) is 0.455. The van der Waals surface area contributed by atoms with E-state index >= 15 is 0 Å². The van der Waals surface area contributed by atoms with Gasteiger partial charge in [0.05, 0.1) is 0 Å². The van der Waals surface area contributed by atoms with Crippen LogP contribution in [0.15, 0.2) is 18.2 Å². The molecule has 0 aliphatic carbocycles. The van der Waals surface area contributed by atoms with Crippen LogP contribution in [0.1, 0.15) is 5.56 Å². The van der Waals surface area contributed by atoms with Crippen LogP contribution in [0.3, 0.4) is 0 Å². The van der Waals surface area contributed by atoms with Crippen LogP contribution in [0.5, 0.6) is 0 Å². The third kappa shape index (κ3) is 2.49. The van der Waals surface area contributed by atoms with Gasteiger partial charge in [-0.3, -0.25) is 0 Å². The smallest absolute Gasteiger partial charge is 0.126 e. The highest BCUT2D eigenvalue weighted by Crippen LogP contribution is 2.27. The van der Waals surface area contributed by atoms with Gasteiger partial charge in [-0.05, 0) is 41.9 Å². The molecule has 2 atom stereocenters. The summed E-state index contributed by atoms with van der Waals surface area (Å²) in [4.78, 5) is 0. The van der Waals surface area contributed by atoms with E-state index in [1.165, 1.54) is 12.1 Å². The summed E-state index contributed by atoms with van der Waals surface area (Å²) in [5, 5.41) is 0. The number of nitrogens with two attached hydrogens (primary N) is 1. The SMILES string of the molecule is NC1CSCC1Cc1cc(F)ccc1F. The average Bonchev–Trinajstić information content (AvgIpc) is 2.58. The highest BCUT2D eigenvalue weighted by molar-refractivity contribution is 7.99. The Morgan fingerprint density at radius 2 is 2.13 bits per heavy atom. The van der Waals surface area contributed by atoms with E-state index in [2.05, 4.69) is 0 Å². The lowest BCUT2D eigenvalue weighted by atomic mass is 9.95. The normalized spacial score (nSPS) is 25.8. The zero-order valence-electron chi connectivity index (χ0n) is 8.25. The first kappa shape index (κ1) is 10.9. The number of thioether (sulfide) groups is 1. The summed E-state index contributed by atoms with van der Waals surface area (Å²) in [7, 11) is 0. The summed E-state index contributed by atoms with van der Waals surface area (Å²) in [5.74, 6) is 1.41. The molecule has 1 heterocycles. The van der Waals surface area contributed by atoms with Crippen LogP contribution in [0.25, 0.3) is 0 Å². The van der Waals surface area contributed by atoms with Crippen LogP contribution in [0.4, 0.5) is 8.78 Å². The van der Waals surface area contributed by atoms with Crippen molar-refractivity contribution >= 4 is 11.8 Å². The van der Waals surface area contributed by atoms with Crippen molar-refractivity contribution in [3.8, 4) is 0 Å². The molecular formula is C11H13F2NS. The van der Waals surface area contributed by atoms with E-state index in [-0.39, 0.29) is 23.6 Å². The van der Waals surface area contributed by atoms with Crippen molar-refractivity contribution in [2.45, 2.75) is 12.5 Å². The van der Waals surface area contributed by atoms with Gasteiger partial charge in [0.15, 0.2) is 0 Å². The van der Waals surface area contributed by atoms with Gasteiger partial charge in [-0.1, -0.05) is 0 Å². The second kappa shape index (κ2) is 4.49. The lowest BCUT2D eigenvalue weighted by Gasteiger charge is -2.14. The second-order valence-corrected chi connectivity index (χ2v) is 4.98. The van der Waals surface area contributed by atoms with E-state index in [9.17, 15) is 8.78 Å². The van der Waals surface area contributed by atoms with Crippen LogP contribution in [0.2, 0.25) is 0 Å². The molecule has 0 aromatic heterocycles. The number of hydrogen-bond donors (Lipinski definition) is 1. The van der Waals surface area contributed by atoms with Gasteiger partial charge < -0.3 is 5.73 Å². The molecule has 0 spiro atoms. The van der Waals surface area contributed by atoms with E-state index in [0.29, 0.717) is 12.0 Å². The van der Waals surface area contributed by atoms with Gasteiger partial charge in [-0.25, -0.2) is 8.78 Å². The predicted molar refractivity (Wildman–Crippen MR) is 58.9 cm³/mol. The van der Waals surface area contributed by atoms with Gasteiger partial charge in [-0.15, -0.1) is 0 Å². The van der Waals surface area contributed by atoms with Gasteiger partial charge in [0.2, 0.25) is 0 Å². The maximum absolute atomic E-state index is 13.3. The van der Waals surface area contributed by atoms with Crippen LogP contribution >= 0.6 is 11.8 Å². The number of benzene rings is 1. The zero-order chi connectivity index (χ0) is 10.8. The molecule has 2 N–H and O–H groups in total. The van der Waals surface area contributed by atoms with Crippen molar-refractivity contribution in [3.05, 3.63) is 35.4 Å². The molecule has 1 aromatic rings. The molecule has 1 aliphatic rings. The quantitative estimate of drug-likeness (QED) is 0.841. The van der Waals surface area contributed by atoms with E-state index < -0.39 is 0 Å². The molecule has 1 nitrogen and oxygen atoms in total. The van der Waals surface area contributed by atoms with Crippen molar-refractivity contribution in [1.29, 1.82) is 0 Å². The average molecular weight is 229 g/mol. The minimum atomic E-state index is -0.384. The molecule has 0 saturated carbocycles. The summed E-state index contributed by atoms with van der Waals surface area (Å²) < 4.78 is 26.3. The first-order chi connectivity index (χ1) is 7.16. The summed E-state index contributed by atoms with van der Waals surface area (Å²) >= 11 is 1.78. The van der Waals surface area contributed by atoms with Gasteiger partial charge in [0.1, 0.15) is 11.6 Å². The molecule has 0 bridgehead atoms. The van der Waals surface area contributed by atoms with Crippen molar-refractivity contribution in [2.75, 3.05) is 11.5 Å². The first-order valence-electron chi connectivity index (χ1n) is 4.94. The summed E-state index contributed by atoms with van der Waals surface area (Å²) in [5.41, 5.74) is 6.32. The first-order valence-corrected chi connectivity index (χ1v) is 6.09. The summed E-state index contributed by atoms with van der Waals surface area (Å²) in [6.45, 7) is 0. The minimum absolute atomic E-state index is 0.109. The van der Waals surface area contributed by atoms with Gasteiger partial charge in [0, 0.05) is 11.8 Å². The zero-order valence-corrected chi connectivity index (χ0v) is 9.07. The maximum atomic E-state index is 13.3. The van der Waals surface area contributed by atoms with Crippen molar-refractivity contribution < 1.29 is 8.78 Å². The van der Waals surface area contributed by atoms with E-state index in [1.54, 1.807) is 11.8 Å². The number of hydrogen-bond acceptors (Lipinski definition) is 2. The fourth-order valence-corrected chi connectivity index (χ4v) is 3.16. The molecule has 0 amide bonds. The Balaban J connectivity index is 2.12. The molecule has 1 aliphatic heterocycles. The highest BCUT2D eigenvalue weighted by atomic mass is 32.2. The third-order valence-electron chi connectivity index (χ3n) is 2.74. The van der Waals surface area contributed by atoms with Crippen LogP contribution in [-0.2, 0) is 6.42 Å². The second-order valence-electron chi connectivity index (χ2n) is 3.90. The van der Waals surface area contributed by atoms with Gasteiger partial charge in [0.25, 0.3) is 0 Å². The molecule has 1 aromatic carbocycles. The molecule has 1 saturated heterocycles. The number of halogens is 2. The maximum Gasteiger partial charge on any atom is 0.126 e. The van der Waals surface area contributed by atoms with Crippen LogP contribution in [-0.4, -0.2) is 17.5 Å². The molecule has 4 heteroatoms. The third-order valence-corrected chi connectivity index (χ3v) is 4.02. The molecule has 2 unspecified atom stereocenters. The van der Waals surface area contributed by atoms with E-state index in [4.69, 9.17) is 5.73 Å².